The Balaban J connectivity index is 1.99. The Labute approximate surface area is 128 Å². The van der Waals surface area contributed by atoms with Gasteiger partial charge < -0.3 is 9.64 Å². The minimum absolute atomic E-state index is 0.139. The van der Waals surface area contributed by atoms with Crippen molar-refractivity contribution < 1.29 is 14.3 Å². The van der Waals surface area contributed by atoms with Crippen molar-refractivity contribution in [3.05, 3.63) is 29.3 Å². The van der Waals surface area contributed by atoms with Crippen LogP contribution in [0.4, 0.5) is 10.5 Å². The number of fused-ring (bicyclic) bond motifs is 1. The van der Waals surface area contributed by atoms with E-state index < -0.39 is 0 Å². The molecule has 112 valence electrons. The fraction of sp³-hybridized carbons (Fsp3) is 0.467. The number of benzene rings is 1. The molecule has 5 nitrogen and oxygen atoms in total. The first kappa shape index (κ1) is 14.4. The number of ether oxygens (including phenoxy) is 1. The fourth-order valence-electron chi connectivity index (χ4n) is 2.97. The molecule has 3 rings (SSSR count). The smallest absolute Gasteiger partial charge is 0.331 e. The van der Waals surface area contributed by atoms with Gasteiger partial charge in [-0.1, -0.05) is 24.6 Å². The Bertz CT molecular complexity index is 578. The van der Waals surface area contributed by atoms with Gasteiger partial charge in [-0.05, 0) is 24.6 Å². The van der Waals surface area contributed by atoms with E-state index in [0.29, 0.717) is 30.5 Å². The van der Waals surface area contributed by atoms with Crippen molar-refractivity contribution in [2.75, 3.05) is 24.7 Å². The van der Waals surface area contributed by atoms with E-state index in [9.17, 15) is 9.59 Å². The van der Waals surface area contributed by atoms with Crippen molar-refractivity contribution in [1.29, 1.82) is 0 Å². The van der Waals surface area contributed by atoms with Crippen LogP contribution in [0.25, 0.3) is 0 Å². The van der Waals surface area contributed by atoms with Crippen molar-refractivity contribution >= 4 is 29.2 Å². The van der Waals surface area contributed by atoms with Gasteiger partial charge in [0.25, 0.3) is 0 Å². The number of hydrogen-bond donors (Lipinski definition) is 0. The molecule has 3 amide bonds. The maximum atomic E-state index is 12.7. The highest BCUT2D eigenvalue weighted by atomic mass is 35.5. The van der Waals surface area contributed by atoms with Gasteiger partial charge in [-0.25, -0.2) is 9.69 Å². The highest BCUT2D eigenvalue weighted by molar-refractivity contribution is 6.31. The number of nitrogens with zero attached hydrogens (tertiary/aromatic N) is 2. The van der Waals surface area contributed by atoms with Crippen LogP contribution in [-0.4, -0.2) is 42.6 Å². The number of halogens is 1. The summed E-state index contributed by atoms with van der Waals surface area (Å²) in [6.07, 6.45) is 0.840. The van der Waals surface area contributed by atoms with E-state index in [1.54, 1.807) is 29.2 Å². The molecule has 0 spiro atoms. The van der Waals surface area contributed by atoms with Gasteiger partial charge in [-0.15, -0.1) is 0 Å². The second-order valence-electron chi connectivity index (χ2n) is 5.34. The number of amides is 3. The maximum absolute atomic E-state index is 12.7. The standard InChI is InChI=1S/C15H17ClN2O3/c1-2-6-17-13-9-21-8-12(13)14(19)18(15(17)20)11-5-3-4-10(16)7-11/h3-5,7,12-13H,2,6,8-9H2,1H3. The van der Waals surface area contributed by atoms with Crippen molar-refractivity contribution in [3.63, 3.8) is 0 Å². The predicted octanol–water partition coefficient (Wildman–Crippen LogP) is 2.53. The van der Waals surface area contributed by atoms with Crippen molar-refractivity contribution in [1.82, 2.24) is 4.90 Å². The summed E-state index contributed by atoms with van der Waals surface area (Å²) in [5, 5.41) is 0.500. The zero-order chi connectivity index (χ0) is 15.0. The second-order valence-corrected chi connectivity index (χ2v) is 5.78. The van der Waals surface area contributed by atoms with Crippen LogP contribution >= 0.6 is 11.6 Å². The minimum atomic E-state index is -0.284. The van der Waals surface area contributed by atoms with Gasteiger partial charge in [-0.3, -0.25) is 4.79 Å². The van der Waals surface area contributed by atoms with Crippen LogP contribution in [0.2, 0.25) is 5.02 Å². The number of anilines is 1. The quantitative estimate of drug-likeness (QED) is 0.862. The summed E-state index contributed by atoms with van der Waals surface area (Å²) in [7, 11) is 0. The monoisotopic (exact) mass is 308 g/mol. The lowest BCUT2D eigenvalue weighted by Gasteiger charge is -2.41. The van der Waals surface area contributed by atoms with Crippen molar-refractivity contribution in [2.45, 2.75) is 19.4 Å². The number of urea groups is 1. The summed E-state index contributed by atoms with van der Waals surface area (Å²) in [6, 6.07) is 6.39. The lowest BCUT2D eigenvalue weighted by molar-refractivity contribution is -0.124. The number of imide groups is 1. The molecule has 2 atom stereocenters. The highest BCUT2D eigenvalue weighted by Crippen LogP contribution is 2.32. The van der Waals surface area contributed by atoms with Crippen LogP contribution in [0.3, 0.4) is 0 Å². The van der Waals surface area contributed by atoms with Crippen molar-refractivity contribution in [2.24, 2.45) is 5.92 Å². The Hall–Kier alpha value is -1.59. The van der Waals surface area contributed by atoms with Crippen LogP contribution in [0, 0.1) is 5.92 Å². The molecule has 0 bridgehead atoms. The number of carbonyl (C=O) groups excluding carboxylic acids is 2. The number of hydrogen-bond acceptors (Lipinski definition) is 3. The van der Waals surface area contributed by atoms with Gasteiger partial charge in [0.15, 0.2) is 0 Å². The van der Waals surface area contributed by atoms with E-state index in [1.807, 2.05) is 6.92 Å². The first-order chi connectivity index (χ1) is 10.1. The number of carbonyl (C=O) groups is 2. The zero-order valence-corrected chi connectivity index (χ0v) is 12.5. The van der Waals surface area contributed by atoms with Crippen LogP contribution in [0.15, 0.2) is 24.3 Å². The topological polar surface area (TPSA) is 49.9 Å². The summed E-state index contributed by atoms with van der Waals surface area (Å²) in [6.45, 7) is 3.44. The molecule has 2 aliphatic rings. The summed E-state index contributed by atoms with van der Waals surface area (Å²) in [4.78, 5) is 28.3. The first-order valence-electron chi connectivity index (χ1n) is 7.11. The lowest BCUT2D eigenvalue weighted by Crippen LogP contribution is -2.61. The third-order valence-electron chi connectivity index (χ3n) is 3.96. The average Bonchev–Trinajstić information content (AvgIpc) is 2.93. The lowest BCUT2D eigenvalue weighted by atomic mass is 9.97. The summed E-state index contributed by atoms with van der Waals surface area (Å²) < 4.78 is 5.43. The third kappa shape index (κ3) is 2.40. The first-order valence-corrected chi connectivity index (χ1v) is 7.49. The van der Waals surface area contributed by atoms with Crippen LogP contribution < -0.4 is 4.90 Å². The highest BCUT2D eigenvalue weighted by Gasteiger charge is 2.49. The molecular formula is C15H17ClN2O3. The Morgan fingerprint density at radius 1 is 1.33 bits per heavy atom. The second kappa shape index (κ2) is 5.66. The van der Waals surface area contributed by atoms with Gasteiger partial charge in [0.2, 0.25) is 5.91 Å². The summed E-state index contributed by atoms with van der Waals surface area (Å²) in [5.74, 6) is -0.481. The molecule has 1 aromatic rings. The largest absolute Gasteiger partial charge is 0.378 e. The van der Waals surface area contributed by atoms with Gasteiger partial charge in [0.1, 0.15) is 0 Å². The van der Waals surface area contributed by atoms with E-state index in [2.05, 4.69) is 0 Å². The van der Waals surface area contributed by atoms with E-state index in [-0.39, 0.29) is 23.9 Å². The Kier molecular flexibility index (Phi) is 3.87. The molecule has 1 aromatic carbocycles. The molecule has 6 heteroatoms. The van der Waals surface area contributed by atoms with Crippen LogP contribution in [-0.2, 0) is 9.53 Å². The molecule has 0 saturated carbocycles. The molecule has 0 radical (unpaired) electrons. The molecular weight excluding hydrogens is 292 g/mol. The zero-order valence-electron chi connectivity index (χ0n) is 11.8. The Morgan fingerprint density at radius 3 is 2.86 bits per heavy atom. The minimum Gasteiger partial charge on any atom is -0.378 e. The SMILES string of the molecule is CCCN1C(=O)N(c2cccc(Cl)c2)C(=O)C2COCC21. The average molecular weight is 309 g/mol. The van der Waals surface area contributed by atoms with Gasteiger partial charge >= 0.3 is 6.03 Å². The van der Waals surface area contributed by atoms with E-state index >= 15 is 0 Å². The Morgan fingerprint density at radius 2 is 2.14 bits per heavy atom. The molecule has 0 aromatic heterocycles. The molecule has 0 aliphatic carbocycles. The number of rotatable bonds is 3. The predicted molar refractivity (Wildman–Crippen MR) is 79.4 cm³/mol. The molecule has 2 fully saturated rings. The summed E-state index contributed by atoms with van der Waals surface area (Å²) >= 11 is 5.98. The van der Waals surface area contributed by atoms with Crippen LogP contribution in [0.5, 0.6) is 0 Å². The maximum Gasteiger partial charge on any atom is 0.331 e. The molecule has 2 saturated heterocycles. The van der Waals surface area contributed by atoms with E-state index in [0.717, 1.165) is 6.42 Å². The molecule has 2 unspecified atom stereocenters. The molecule has 2 aliphatic heterocycles. The van der Waals surface area contributed by atoms with Gasteiger partial charge in [-0.2, -0.15) is 0 Å². The normalized spacial score (nSPS) is 25.4. The molecule has 21 heavy (non-hydrogen) atoms. The third-order valence-corrected chi connectivity index (χ3v) is 4.19. The van der Waals surface area contributed by atoms with Crippen molar-refractivity contribution in [3.8, 4) is 0 Å². The fourth-order valence-corrected chi connectivity index (χ4v) is 3.16. The van der Waals surface area contributed by atoms with Crippen LogP contribution in [0.1, 0.15) is 13.3 Å². The van der Waals surface area contributed by atoms with Gasteiger partial charge in [0.05, 0.1) is 30.9 Å². The summed E-state index contributed by atoms with van der Waals surface area (Å²) in [5.41, 5.74) is 0.518. The molecule has 2 heterocycles. The van der Waals surface area contributed by atoms with E-state index in [4.69, 9.17) is 16.3 Å². The van der Waals surface area contributed by atoms with Gasteiger partial charge in [0, 0.05) is 11.6 Å². The van der Waals surface area contributed by atoms with E-state index in [1.165, 1.54) is 4.90 Å². The molecule has 0 N–H and O–H groups in total.